The first-order valence-electron chi connectivity index (χ1n) is 5.17. The number of H-pyrrole nitrogens is 1. The summed E-state index contributed by atoms with van der Waals surface area (Å²) in [5, 5.41) is 11.4. The largest absolute Gasteiger partial charge is 0.478 e. The maximum Gasteiger partial charge on any atom is 0.339 e. The number of nitrogens with zero attached hydrogens (tertiary/aromatic N) is 1. The van der Waals surface area contributed by atoms with Gasteiger partial charge in [0.05, 0.1) is 19.1 Å². The quantitative estimate of drug-likeness (QED) is 0.747. The van der Waals surface area contributed by atoms with E-state index >= 15 is 0 Å². The SMILES string of the molecule is Cc1oc(CNC(=O)c2cnc[nH]2)cc1C(=O)O. The van der Waals surface area contributed by atoms with Gasteiger partial charge in [0.1, 0.15) is 22.8 Å². The summed E-state index contributed by atoms with van der Waals surface area (Å²) < 4.78 is 5.22. The lowest BCUT2D eigenvalue weighted by Gasteiger charge is -1.99. The number of hydrogen-bond donors (Lipinski definition) is 3. The third-order valence-electron chi connectivity index (χ3n) is 2.37. The molecule has 2 aromatic rings. The topological polar surface area (TPSA) is 108 Å². The monoisotopic (exact) mass is 249 g/mol. The second-order valence-electron chi connectivity index (χ2n) is 3.64. The molecule has 18 heavy (non-hydrogen) atoms. The van der Waals surface area contributed by atoms with Crippen molar-refractivity contribution in [2.24, 2.45) is 0 Å². The molecule has 0 bridgehead atoms. The van der Waals surface area contributed by atoms with Crippen LogP contribution in [0.3, 0.4) is 0 Å². The zero-order chi connectivity index (χ0) is 13.1. The van der Waals surface area contributed by atoms with E-state index < -0.39 is 5.97 Å². The Morgan fingerprint density at radius 2 is 2.33 bits per heavy atom. The van der Waals surface area contributed by atoms with Crippen molar-refractivity contribution in [3.8, 4) is 0 Å². The van der Waals surface area contributed by atoms with Gasteiger partial charge < -0.3 is 19.8 Å². The second-order valence-corrected chi connectivity index (χ2v) is 3.64. The molecule has 0 aliphatic heterocycles. The molecule has 2 heterocycles. The van der Waals surface area contributed by atoms with Crippen LogP contribution < -0.4 is 5.32 Å². The van der Waals surface area contributed by atoms with Gasteiger partial charge in [0.25, 0.3) is 5.91 Å². The van der Waals surface area contributed by atoms with Crippen molar-refractivity contribution in [2.75, 3.05) is 0 Å². The molecule has 0 atom stereocenters. The maximum absolute atomic E-state index is 11.6. The van der Waals surface area contributed by atoms with Crippen molar-refractivity contribution in [3.63, 3.8) is 0 Å². The molecule has 2 aromatic heterocycles. The molecule has 0 aliphatic carbocycles. The van der Waals surface area contributed by atoms with Crippen LogP contribution in [0, 0.1) is 6.92 Å². The van der Waals surface area contributed by atoms with Crippen LogP contribution in [0.25, 0.3) is 0 Å². The zero-order valence-corrected chi connectivity index (χ0v) is 9.56. The number of nitrogens with one attached hydrogen (secondary N) is 2. The minimum Gasteiger partial charge on any atom is -0.478 e. The first-order valence-corrected chi connectivity index (χ1v) is 5.17. The van der Waals surface area contributed by atoms with Crippen LogP contribution in [0.2, 0.25) is 0 Å². The van der Waals surface area contributed by atoms with E-state index in [0.29, 0.717) is 17.2 Å². The fourth-order valence-electron chi connectivity index (χ4n) is 1.49. The van der Waals surface area contributed by atoms with Gasteiger partial charge in [-0.2, -0.15) is 0 Å². The number of hydrogen-bond acceptors (Lipinski definition) is 4. The summed E-state index contributed by atoms with van der Waals surface area (Å²) in [6.07, 6.45) is 2.79. The van der Waals surface area contributed by atoms with Crippen molar-refractivity contribution in [3.05, 3.63) is 41.4 Å². The van der Waals surface area contributed by atoms with Gasteiger partial charge in [-0.25, -0.2) is 9.78 Å². The number of carboxylic acid groups (broad SMARTS) is 1. The number of aryl methyl sites for hydroxylation is 1. The summed E-state index contributed by atoms with van der Waals surface area (Å²) in [6.45, 7) is 1.68. The average molecular weight is 249 g/mol. The number of rotatable bonds is 4. The van der Waals surface area contributed by atoms with Gasteiger partial charge in [0, 0.05) is 0 Å². The van der Waals surface area contributed by atoms with Crippen LogP contribution in [0.1, 0.15) is 32.4 Å². The van der Waals surface area contributed by atoms with Crippen molar-refractivity contribution in [1.29, 1.82) is 0 Å². The van der Waals surface area contributed by atoms with Crippen LogP contribution in [-0.2, 0) is 6.54 Å². The van der Waals surface area contributed by atoms with Crippen LogP contribution >= 0.6 is 0 Å². The number of carbonyl (C=O) groups is 2. The summed E-state index contributed by atoms with van der Waals surface area (Å²) in [4.78, 5) is 28.7. The summed E-state index contributed by atoms with van der Waals surface area (Å²) >= 11 is 0. The molecule has 0 unspecified atom stereocenters. The maximum atomic E-state index is 11.6. The number of furan rings is 1. The van der Waals surface area contributed by atoms with Crippen LogP contribution in [-0.4, -0.2) is 27.0 Å². The average Bonchev–Trinajstić information content (AvgIpc) is 2.94. The third kappa shape index (κ3) is 2.40. The van der Waals surface area contributed by atoms with Gasteiger partial charge in [0.2, 0.25) is 0 Å². The highest BCUT2D eigenvalue weighted by Crippen LogP contribution is 2.14. The minimum absolute atomic E-state index is 0.0980. The van der Waals surface area contributed by atoms with E-state index in [4.69, 9.17) is 9.52 Å². The Hall–Kier alpha value is -2.57. The van der Waals surface area contributed by atoms with E-state index in [9.17, 15) is 9.59 Å². The summed E-state index contributed by atoms with van der Waals surface area (Å²) in [5.41, 5.74) is 0.428. The lowest BCUT2D eigenvalue weighted by molar-refractivity contribution is 0.0694. The Balaban J connectivity index is 2.01. The van der Waals surface area contributed by atoms with E-state index in [1.165, 1.54) is 18.6 Å². The van der Waals surface area contributed by atoms with E-state index in [1.807, 2.05) is 0 Å². The van der Waals surface area contributed by atoms with E-state index in [1.54, 1.807) is 6.92 Å². The minimum atomic E-state index is -1.05. The number of aromatic amines is 1. The van der Waals surface area contributed by atoms with E-state index in [-0.39, 0.29) is 18.0 Å². The lowest BCUT2D eigenvalue weighted by Crippen LogP contribution is -2.22. The van der Waals surface area contributed by atoms with Gasteiger partial charge in [-0.1, -0.05) is 0 Å². The Kier molecular flexibility index (Phi) is 3.13. The Morgan fingerprint density at radius 1 is 1.56 bits per heavy atom. The number of aromatic nitrogens is 2. The molecule has 7 heteroatoms. The molecule has 0 aliphatic rings. The Labute approximate surface area is 102 Å². The van der Waals surface area contributed by atoms with Crippen LogP contribution in [0.4, 0.5) is 0 Å². The normalized spacial score (nSPS) is 10.3. The van der Waals surface area contributed by atoms with E-state index in [2.05, 4.69) is 15.3 Å². The first-order chi connectivity index (χ1) is 8.58. The molecule has 1 amide bonds. The molecule has 0 saturated carbocycles. The van der Waals surface area contributed by atoms with Crippen molar-refractivity contribution >= 4 is 11.9 Å². The number of imidazole rings is 1. The summed E-state index contributed by atoms with van der Waals surface area (Å²) in [7, 11) is 0. The van der Waals surface area contributed by atoms with Gasteiger partial charge >= 0.3 is 5.97 Å². The number of carboxylic acids is 1. The number of amides is 1. The first kappa shape index (κ1) is 11.9. The number of aromatic carboxylic acids is 1. The third-order valence-corrected chi connectivity index (χ3v) is 2.37. The fraction of sp³-hybridized carbons (Fsp3) is 0.182. The molecule has 7 nitrogen and oxygen atoms in total. The smallest absolute Gasteiger partial charge is 0.339 e. The van der Waals surface area contributed by atoms with Crippen molar-refractivity contribution in [2.45, 2.75) is 13.5 Å². The fourth-order valence-corrected chi connectivity index (χ4v) is 1.49. The predicted octanol–water partition coefficient (Wildman–Crippen LogP) is 0.939. The van der Waals surface area contributed by atoms with Crippen molar-refractivity contribution in [1.82, 2.24) is 15.3 Å². The highest BCUT2D eigenvalue weighted by atomic mass is 16.4. The van der Waals surface area contributed by atoms with Gasteiger partial charge in [-0.15, -0.1) is 0 Å². The molecule has 0 radical (unpaired) electrons. The molecule has 0 fully saturated rings. The van der Waals surface area contributed by atoms with Gasteiger partial charge in [-0.05, 0) is 13.0 Å². The molecule has 3 N–H and O–H groups in total. The van der Waals surface area contributed by atoms with Crippen LogP contribution in [0.15, 0.2) is 23.0 Å². The van der Waals surface area contributed by atoms with E-state index in [0.717, 1.165) is 0 Å². The standard InChI is InChI=1S/C11H11N3O4/c1-6-8(11(16)17)2-7(18-6)3-13-10(15)9-4-12-5-14-9/h2,4-5H,3H2,1H3,(H,12,14)(H,13,15)(H,16,17). The Bertz CT molecular complexity index is 571. The molecule has 0 aromatic carbocycles. The second kappa shape index (κ2) is 4.74. The lowest BCUT2D eigenvalue weighted by atomic mass is 10.2. The molecule has 2 rings (SSSR count). The molecule has 0 spiro atoms. The van der Waals surface area contributed by atoms with Gasteiger partial charge in [0.15, 0.2) is 0 Å². The Morgan fingerprint density at radius 3 is 2.89 bits per heavy atom. The molecular weight excluding hydrogens is 238 g/mol. The zero-order valence-electron chi connectivity index (χ0n) is 9.56. The molecular formula is C11H11N3O4. The highest BCUT2D eigenvalue weighted by Gasteiger charge is 2.14. The van der Waals surface area contributed by atoms with Crippen molar-refractivity contribution < 1.29 is 19.1 Å². The molecule has 0 saturated heterocycles. The number of carbonyl (C=O) groups excluding carboxylic acids is 1. The summed E-state index contributed by atoms with van der Waals surface area (Å²) in [6, 6.07) is 1.39. The summed E-state index contributed by atoms with van der Waals surface area (Å²) in [5.74, 6) is -0.688. The highest BCUT2D eigenvalue weighted by molar-refractivity contribution is 5.92. The predicted molar refractivity (Wildman–Crippen MR) is 60.2 cm³/mol. The van der Waals surface area contributed by atoms with Gasteiger partial charge in [-0.3, -0.25) is 4.79 Å². The molecule has 94 valence electrons. The van der Waals surface area contributed by atoms with Crippen LogP contribution in [0.5, 0.6) is 0 Å².